The van der Waals surface area contributed by atoms with Crippen molar-refractivity contribution in [1.82, 2.24) is 4.90 Å². The molecule has 3 aromatic rings. The van der Waals surface area contributed by atoms with Gasteiger partial charge >= 0.3 is 5.97 Å². The van der Waals surface area contributed by atoms with Gasteiger partial charge in [-0.25, -0.2) is 4.99 Å². The number of aliphatic imine (C=N–C) groups is 1. The van der Waals surface area contributed by atoms with Crippen molar-refractivity contribution < 1.29 is 28.9 Å². The number of likely N-dealkylation sites (tertiary alicyclic amines) is 1. The molecule has 5 rings (SSSR count). The molecule has 1 fully saturated rings. The molecule has 0 aromatic heterocycles. The maximum absolute atomic E-state index is 14.5. The first kappa shape index (κ1) is 31.3. The summed E-state index contributed by atoms with van der Waals surface area (Å²) in [5, 5.41) is 9.06. The van der Waals surface area contributed by atoms with Gasteiger partial charge in [-0.2, -0.15) is 0 Å². The second kappa shape index (κ2) is 13.6. The van der Waals surface area contributed by atoms with Gasteiger partial charge in [-0.15, -0.1) is 0 Å². The van der Waals surface area contributed by atoms with Crippen molar-refractivity contribution in [2.24, 2.45) is 4.99 Å². The fourth-order valence-electron chi connectivity index (χ4n) is 5.71. The van der Waals surface area contributed by atoms with Gasteiger partial charge in [0.05, 0.1) is 6.61 Å². The summed E-state index contributed by atoms with van der Waals surface area (Å²) in [4.78, 5) is 34.4. The summed E-state index contributed by atoms with van der Waals surface area (Å²) in [6.45, 7) is 7.27. The first-order valence-electron chi connectivity index (χ1n) is 15.5. The molecule has 8 heteroatoms. The van der Waals surface area contributed by atoms with Gasteiger partial charge < -0.3 is 24.2 Å². The number of carbonyl (C=O) groups excluding carboxylic acids is 2. The third-order valence-electron chi connectivity index (χ3n) is 7.85. The minimum absolute atomic E-state index is 0.0211. The fraction of sp³-hybridized carbons (Fsp3) is 0.417. The summed E-state index contributed by atoms with van der Waals surface area (Å²) in [6, 6.07) is 25.5. The van der Waals surface area contributed by atoms with E-state index in [4.69, 9.17) is 24.3 Å². The largest absolute Gasteiger partial charge is 0.494 e. The molecule has 0 bridgehead atoms. The molecule has 1 amide bonds. The number of aliphatic hydroxyl groups excluding tert-OH is 1. The minimum atomic E-state index is -1.35. The summed E-state index contributed by atoms with van der Waals surface area (Å²) in [5.41, 5.74) is 1.67. The van der Waals surface area contributed by atoms with Crippen LogP contribution >= 0.6 is 0 Å². The smallest absolute Gasteiger partial charge is 0.306 e. The molecular formula is C36H42N2O6. The van der Waals surface area contributed by atoms with E-state index >= 15 is 0 Å². The molecule has 2 aliphatic heterocycles. The number of hydrogen-bond donors (Lipinski definition) is 1. The molecule has 8 nitrogen and oxygen atoms in total. The SMILES string of the molecule is CC(C)(C)OC(=O)CC[C@@]1(C(=O)N2CCCC2)N=C(c2ccc(OCCCO)cc2)O[C@@H]1c1ccc(-c2ccccc2)cc1. The van der Waals surface area contributed by atoms with Gasteiger partial charge in [-0.05, 0) is 81.0 Å². The number of amides is 1. The van der Waals surface area contributed by atoms with Crippen molar-refractivity contribution >= 4 is 17.8 Å². The zero-order chi connectivity index (χ0) is 31.2. The monoisotopic (exact) mass is 598 g/mol. The highest BCUT2D eigenvalue weighted by Gasteiger charge is 2.55. The van der Waals surface area contributed by atoms with Crippen LogP contribution < -0.4 is 4.74 Å². The van der Waals surface area contributed by atoms with Crippen LogP contribution in [0.2, 0.25) is 0 Å². The van der Waals surface area contributed by atoms with Gasteiger partial charge in [-0.3, -0.25) is 9.59 Å². The highest BCUT2D eigenvalue weighted by Crippen LogP contribution is 2.45. The van der Waals surface area contributed by atoms with Gasteiger partial charge in [-0.1, -0.05) is 54.6 Å². The highest BCUT2D eigenvalue weighted by atomic mass is 16.6. The second-order valence-corrected chi connectivity index (χ2v) is 12.4. The molecule has 44 heavy (non-hydrogen) atoms. The third kappa shape index (κ3) is 7.30. The predicted molar refractivity (Wildman–Crippen MR) is 170 cm³/mol. The quantitative estimate of drug-likeness (QED) is 0.211. The molecule has 0 spiro atoms. The van der Waals surface area contributed by atoms with Crippen molar-refractivity contribution in [2.75, 3.05) is 26.3 Å². The third-order valence-corrected chi connectivity index (χ3v) is 7.85. The number of aliphatic hydroxyl groups is 1. The van der Waals surface area contributed by atoms with E-state index in [-0.39, 0.29) is 31.3 Å². The number of benzene rings is 3. The van der Waals surface area contributed by atoms with Crippen molar-refractivity contribution in [3.63, 3.8) is 0 Å². The average Bonchev–Trinajstić information content (AvgIpc) is 3.70. The summed E-state index contributed by atoms with van der Waals surface area (Å²) in [7, 11) is 0. The van der Waals surface area contributed by atoms with Crippen molar-refractivity contribution in [3.8, 4) is 16.9 Å². The van der Waals surface area contributed by atoms with Crippen LogP contribution in [-0.4, -0.2) is 65.2 Å². The molecule has 2 aliphatic rings. The Bertz CT molecular complexity index is 1440. The van der Waals surface area contributed by atoms with Crippen LogP contribution in [-0.2, 0) is 19.1 Å². The van der Waals surface area contributed by atoms with E-state index in [2.05, 4.69) is 12.1 Å². The molecule has 2 heterocycles. The van der Waals surface area contributed by atoms with Gasteiger partial charge in [0.1, 0.15) is 11.4 Å². The number of esters is 1. The van der Waals surface area contributed by atoms with E-state index in [1.165, 1.54) is 0 Å². The lowest BCUT2D eigenvalue weighted by Crippen LogP contribution is -2.49. The Labute approximate surface area is 259 Å². The Balaban J connectivity index is 1.52. The molecule has 0 saturated carbocycles. The van der Waals surface area contributed by atoms with Crippen LogP contribution in [0.25, 0.3) is 11.1 Å². The van der Waals surface area contributed by atoms with Gasteiger partial charge in [0, 0.05) is 38.1 Å². The molecule has 2 atom stereocenters. The Morgan fingerprint density at radius 2 is 1.57 bits per heavy atom. The molecule has 232 valence electrons. The van der Waals surface area contributed by atoms with Crippen molar-refractivity contribution in [1.29, 1.82) is 0 Å². The van der Waals surface area contributed by atoms with Crippen LogP contribution in [0.3, 0.4) is 0 Å². The Morgan fingerprint density at radius 1 is 0.932 bits per heavy atom. The van der Waals surface area contributed by atoms with Crippen LogP contribution in [0.15, 0.2) is 83.9 Å². The number of hydrogen-bond acceptors (Lipinski definition) is 7. The van der Waals surface area contributed by atoms with E-state index in [1.54, 1.807) is 0 Å². The van der Waals surface area contributed by atoms with E-state index in [1.807, 2.05) is 92.4 Å². The Hall–Kier alpha value is -4.17. The molecule has 0 radical (unpaired) electrons. The molecule has 3 aromatic carbocycles. The number of carbonyl (C=O) groups is 2. The molecule has 1 saturated heterocycles. The molecule has 0 unspecified atom stereocenters. The normalized spacial score (nSPS) is 19.8. The summed E-state index contributed by atoms with van der Waals surface area (Å²) in [6.07, 6.45) is 1.83. The van der Waals surface area contributed by atoms with Crippen molar-refractivity contribution in [3.05, 3.63) is 90.0 Å². The minimum Gasteiger partial charge on any atom is -0.494 e. The number of ether oxygens (including phenoxy) is 3. The first-order chi connectivity index (χ1) is 21.2. The van der Waals surface area contributed by atoms with E-state index in [9.17, 15) is 9.59 Å². The zero-order valence-electron chi connectivity index (χ0n) is 25.8. The number of rotatable bonds is 11. The van der Waals surface area contributed by atoms with Gasteiger partial charge in [0.15, 0.2) is 11.6 Å². The topological polar surface area (TPSA) is 97.7 Å². The molecule has 0 aliphatic carbocycles. The summed E-state index contributed by atoms with van der Waals surface area (Å²) in [5.74, 6) is 0.505. The Morgan fingerprint density at radius 3 is 2.20 bits per heavy atom. The maximum Gasteiger partial charge on any atom is 0.306 e. The second-order valence-electron chi connectivity index (χ2n) is 12.4. The molecule has 1 N–H and O–H groups in total. The number of nitrogens with zero attached hydrogens (tertiary/aromatic N) is 2. The average molecular weight is 599 g/mol. The summed E-state index contributed by atoms with van der Waals surface area (Å²) < 4.78 is 18.0. The lowest BCUT2D eigenvalue weighted by Gasteiger charge is -2.34. The maximum atomic E-state index is 14.5. The van der Waals surface area contributed by atoms with Crippen LogP contribution in [0.5, 0.6) is 5.75 Å². The van der Waals surface area contributed by atoms with Crippen molar-refractivity contribution in [2.45, 2.75) is 70.1 Å². The molecular weight excluding hydrogens is 556 g/mol. The highest BCUT2D eigenvalue weighted by molar-refractivity contribution is 6.01. The van der Waals surface area contributed by atoms with Crippen LogP contribution in [0, 0.1) is 0 Å². The van der Waals surface area contributed by atoms with Gasteiger partial charge in [0.2, 0.25) is 5.90 Å². The fourth-order valence-corrected chi connectivity index (χ4v) is 5.71. The predicted octanol–water partition coefficient (Wildman–Crippen LogP) is 6.12. The lowest BCUT2D eigenvalue weighted by atomic mass is 9.82. The first-order valence-corrected chi connectivity index (χ1v) is 15.5. The zero-order valence-corrected chi connectivity index (χ0v) is 25.8. The Kier molecular flexibility index (Phi) is 9.69. The van der Waals surface area contributed by atoms with Crippen LogP contribution in [0.1, 0.15) is 70.1 Å². The van der Waals surface area contributed by atoms with E-state index in [0.717, 1.165) is 29.5 Å². The lowest BCUT2D eigenvalue weighted by molar-refractivity contribution is -0.155. The summed E-state index contributed by atoms with van der Waals surface area (Å²) >= 11 is 0. The van der Waals surface area contributed by atoms with Gasteiger partial charge in [0.25, 0.3) is 5.91 Å². The van der Waals surface area contributed by atoms with E-state index < -0.39 is 17.2 Å². The standard InChI is InChI=1S/C36H42N2O6/c1-35(2,3)44-31(40)20-21-36(34(41)38-22-7-8-23-38)32(28-14-12-27(13-15-28)26-10-5-4-6-11-26)43-33(37-36)29-16-18-30(19-17-29)42-25-9-24-39/h4-6,10-19,32,39H,7-9,20-25H2,1-3H3/t32-,36-/m1/s1. The van der Waals surface area contributed by atoms with Crippen LogP contribution in [0.4, 0.5) is 0 Å². The van der Waals surface area contributed by atoms with E-state index in [0.29, 0.717) is 43.3 Å².